The van der Waals surface area contributed by atoms with Gasteiger partial charge in [-0.25, -0.2) is 9.97 Å². The molecule has 3 rings (SSSR count). The minimum absolute atomic E-state index is 0.858. The fourth-order valence-corrected chi connectivity index (χ4v) is 2.42. The second-order valence-electron chi connectivity index (χ2n) is 5.09. The van der Waals surface area contributed by atoms with E-state index in [0.29, 0.717) is 0 Å². The van der Waals surface area contributed by atoms with Crippen LogP contribution in [-0.4, -0.2) is 36.1 Å². The van der Waals surface area contributed by atoms with Crippen LogP contribution in [0, 0.1) is 18.8 Å². The molecule has 4 heteroatoms. The van der Waals surface area contributed by atoms with E-state index in [0.717, 1.165) is 36.4 Å². The van der Waals surface area contributed by atoms with E-state index in [1.165, 1.54) is 19.5 Å². The van der Waals surface area contributed by atoms with Gasteiger partial charge in [0.15, 0.2) is 0 Å². The van der Waals surface area contributed by atoms with Gasteiger partial charge in [-0.05, 0) is 43.8 Å². The van der Waals surface area contributed by atoms with Crippen LogP contribution in [0.1, 0.15) is 12.0 Å². The maximum atomic E-state index is 4.35. The van der Waals surface area contributed by atoms with Gasteiger partial charge in [-0.15, -0.1) is 0 Å². The van der Waals surface area contributed by atoms with E-state index in [1.54, 1.807) is 0 Å². The summed E-state index contributed by atoms with van der Waals surface area (Å²) in [4.78, 5) is 11.0. The second kappa shape index (κ2) is 4.01. The Kier molecular flexibility index (Phi) is 2.52. The molecule has 16 heavy (non-hydrogen) atoms. The number of anilines is 1. The molecule has 2 aliphatic rings. The van der Waals surface area contributed by atoms with Gasteiger partial charge in [0, 0.05) is 25.5 Å². The van der Waals surface area contributed by atoms with Gasteiger partial charge in [0.1, 0.15) is 0 Å². The first kappa shape index (κ1) is 10.0. The quantitative estimate of drug-likeness (QED) is 0.816. The van der Waals surface area contributed by atoms with Crippen molar-refractivity contribution >= 4 is 5.95 Å². The van der Waals surface area contributed by atoms with Crippen molar-refractivity contribution in [2.45, 2.75) is 13.3 Å². The summed E-state index contributed by atoms with van der Waals surface area (Å²) in [7, 11) is 0. The molecule has 1 aromatic heterocycles. The number of hydrogen-bond acceptors (Lipinski definition) is 4. The van der Waals surface area contributed by atoms with Gasteiger partial charge < -0.3 is 10.2 Å². The molecule has 2 saturated heterocycles. The normalized spacial score (nSPS) is 21.7. The van der Waals surface area contributed by atoms with Gasteiger partial charge in [0.2, 0.25) is 5.95 Å². The van der Waals surface area contributed by atoms with E-state index in [-0.39, 0.29) is 0 Å². The van der Waals surface area contributed by atoms with Crippen LogP contribution < -0.4 is 10.2 Å². The summed E-state index contributed by atoms with van der Waals surface area (Å²) in [6.45, 7) is 6.74. The number of aryl methyl sites for hydroxylation is 1. The zero-order valence-corrected chi connectivity index (χ0v) is 9.69. The molecule has 0 saturated carbocycles. The van der Waals surface area contributed by atoms with Crippen molar-refractivity contribution in [3.05, 3.63) is 18.0 Å². The summed E-state index contributed by atoms with van der Waals surface area (Å²) in [6, 6.07) is 0. The molecule has 1 N–H and O–H groups in total. The van der Waals surface area contributed by atoms with Crippen LogP contribution in [0.5, 0.6) is 0 Å². The first-order valence-corrected chi connectivity index (χ1v) is 6.05. The SMILES string of the molecule is Cc1cnc(N2CC(CC3CNC3)C2)nc1. The fourth-order valence-electron chi connectivity index (χ4n) is 2.42. The molecule has 0 radical (unpaired) electrons. The van der Waals surface area contributed by atoms with Gasteiger partial charge in [0.25, 0.3) is 0 Å². The maximum absolute atomic E-state index is 4.35. The van der Waals surface area contributed by atoms with E-state index >= 15 is 0 Å². The standard InChI is InChI=1S/C12H18N4/c1-9-3-14-12(15-4-9)16-7-11(8-16)2-10-5-13-6-10/h3-4,10-11,13H,2,5-8H2,1H3. The van der Waals surface area contributed by atoms with Crippen molar-refractivity contribution in [1.29, 1.82) is 0 Å². The molecule has 4 nitrogen and oxygen atoms in total. The van der Waals surface area contributed by atoms with Gasteiger partial charge >= 0.3 is 0 Å². The Hall–Kier alpha value is -1.16. The average Bonchev–Trinajstić information content (AvgIpc) is 2.15. The molecule has 3 heterocycles. The molecule has 0 bridgehead atoms. The summed E-state index contributed by atoms with van der Waals surface area (Å²) in [5.41, 5.74) is 1.13. The summed E-state index contributed by atoms with van der Waals surface area (Å²) in [6.07, 6.45) is 5.16. The summed E-state index contributed by atoms with van der Waals surface area (Å²) in [5.74, 6) is 2.68. The Morgan fingerprint density at radius 3 is 2.50 bits per heavy atom. The third-order valence-corrected chi connectivity index (χ3v) is 3.54. The Bertz CT molecular complexity index is 352. The molecule has 1 aromatic rings. The van der Waals surface area contributed by atoms with Crippen LogP contribution in [0.4, 0.5) is 5.95 Å². The number of rotatable bonds is 3. The molecule has 0 atom stereocenters. The van der Waals surface area contributed by atoms with Crippen LogP contribution >= 0.6 is 0 Å². The number of nitrogens with zero attached hydrogens (tertiary/aromatic N) is 3. The van der Waals surface area contributed by atoms with Crippen LogP contribution in [-0.2, 0) is 0 Å². The van der Waals surface area contributed by atoms with Crippen LogP contribution in [0.2, 0.25) is 0 Å². The molecular formula is C12H18N4. The highest BCUT2D eigenvalue weighted by Gasteiger charge is 2.32. The van der Waals surface area contributed by atoms with Gasteiger partial charge in [-0.3, -0.25) is 0 Å². The molecule has 2 fully saturated rings. The second-order valence-corrected chi connectivity index (χ2v) is 5.09. The van der Waals surface area contributed by atoms with E-state index in [2.05, 4.69) is 20.2 Å². The average molecular weight is 218 g/mol. The summed E-state index contributed by atoms with van der Waals surface area (Å²) in [5, 5.41) is 3.33. The summed E-state index contributed by atoms with van der Waals surface area (Å²) >= 11 is 0. The first-order chi connectivity index (χ1) is 7.81. The van der Waals surface area contributed by atoms with Crippen LogP contribution in [0.3, 0.4) is 0 Å². The molecular weight excluding hydrogens is 200 g/mol. The molecule has 0 aromatic carbocycles. The number of aromatic nitrogens is 2. The van der Waals surface area contributed by atoms with Crippen molar-refractivity contribution in [2.24, 2.45) is 11.8 Å². The Morgan fingerprint density at radius 2 is 1.94 bits per heavy atom. The van der Waals surface area contributed by atoms with E-state index < -0.39 is 0 Å². The van der Waals surface area contributed by atoms with Crippen molar-refractivity contribution in [3.8, 4) is 0 Å². The predicted octanol–water partition coefficient (Wildman–Crippen LogP) is 0.831. The molecule has 0 aliphatic carbocycles. The minimum Gasteiger partial charge on any atom is -0.340 e. The molecule has 0 amide bonds. The summed E-state index contributed by atoms with van der Waals surface area (Å²) < 4.78 is 0. The van der Waals surface area contributed by atoms with Crippen LogP contribution in [0.15, 0.2) is 12.4 Å². The highest BCUT2D eigenvalue weighted by molar-refractivity contribution is 5.33. The third kappa shape index (κ3) is 1.89. The van der Waals surface area contributed by atoms with Gasteiger partial charge in [0.05, 0.1) is 0 Å². The molecule has 0 unspecified atom stereocenters. The van der Waals surface area contributed by atoms with Crippen molar-refractivity contribution in [3.63, 3.8) is 0 Å². The van der Waals surface area contributed by atoms with E-state index in [1.807, 2.05) is 19.3 Å². The lowest BCUT2D eigenvalue weighted by Crippen LogP contribution is -2.51. The first-order valence-electron chi connectivity index (χ1n) is 6.05. The Morgan fingerprint density at radius 1 is 1.25 bits per heavy atom. The minimum atomic E-state index is 0.858. The monoisotopic (exact) mass is 218 g/mol. The van der Waals surface area contributed by atoms with Gasteiger partial charge in [-0.2, -0.15) is 0 Å². The Labute approximate surface area is 96.1 Å². The third-order valence-electron chi connectivity index (χ3n) is 3.54. The van der Waals surface area contributed by atoms with Crippen molar-refractivity contribution in [1.82, 2.24) is 15.3 Å². The smallest absolute Gasteiger partial charge is 0.225 e. The highest BCUT2D eigenvalue weighted by Crippen LogP contribution is 2.27. The lowest BCUT2D eigenvalue weighted by Gasteiger charge is -2.42. The molecule has 86 valence electrons. The zero-order chi connectivity index (χ0) is 11.0. The Balaban J connectivity index is 1.50. The van der Waals surface area contributed by atoms with E-state index in [4.69, 9.17) is 0 Å². The highest BCUT2D eigenvalue weighted by atomic mass is 15.3. The zero-order valence-electron chi connectivity index (χ0n) is 9.69. The molecule has 0 spiro atoms. The van der Waals surface area contributed by atoms with E-state index in [9.17, 15) is 0 Å². The lowest BCUT2D eigenvalue weighted by molar-refractivity contribution is 0.246. The van der Waals surface area contributed by atoms with Crippen molar-refractivity contribution in [2.75, 3.05) is 31.1 Å². The largest absolute Gasteiger partial charge is 0.340 e. The van der Waals surface area contributed by atoms with Crippen molar-refractivity contribution < 1.29 is 0 Å². The lowest BCUT2D eigenvalue weighted by atomic mass is 9.86. The van der Waals surface area contributed by atoms with Gasteiger partial charge in [-0.1, -0.05) is 0 Å². The fraction of sp³-hybridized carbons (Fsp3) is 0.667. The molecule has 2 aliphatic heterocycles. The maximum Gasteiger partial charge on any atom is 0.225 e. The topological polar surface area (TPSA) is 41.1 Å². The number of nitrogens with one attached hydrogen (secondary N) is 1. The number of hydrogen-bond donors (Lipinski definition) is 1. The predicted molar refractivity (Wildman–Crippen MR) is 63.4 cm³/mol. The van der Waals surface area contributed by atoms with Crippen LogP contribution in [0.25, 0.3) is 0 Å².